The Hall–Kier alpha value is -3.12. The van der Waals surface area contributed by atoms with Crippen molar-refractivity contribution in [3.8, 4) is 5.75 Å². The molecule has 0 aliphatic heterocycles. The Morgan fingerprint density at radius 2 is 1.75 bits per heavy atom. The van der Waals surface area contributed by atoms with Crippen molar-refractivity contribution in [2.75, 3.05) is 11.2 Å². The topological polar surface area (TPSA) is 88.6 Å². The second-order valence-corrected chi connectivity index (χ2v) is 9.65. The molecule has 1 N–H and O–H groups in total. The fourth-order valence-electron chi connectivity index (χ4n) is 2.79. The number of aryl methyl sites for hydroxylation is 1. The summed E-state index contributed by atoms with van der Waals surface area (Å²) in [6.07, 6.45) is -3.95. The number of nitrogens with zero attached hydrogens (tertiary/aromatic N) is 2. The summed E-state index contributed by atoms with van der Waals surface area (Å²) in [5.74, 6) is -1.23. The Balaban J connectivity index is 1.97. The van der Waals surface area contributed by atoms with Gasteiger partial charge in [-0.25, -0.2) is 18.1 Å². The standard InChI is InChI=1S/C20H18F3N3O4S2/c1-13-17(18(27)25-32(2,28)29)24-19(31-13)26(12-14-6-4-3-5-7-14)15-8-10-16(11-9-15)30-20(21,22)23/h3-11H,12H2,1-2H3,(H,25,27). The van der Waals surface area contributed by atoms with E-state index in [1.807, 2.05) is 35.1 Å². The molecule has 0 fully saturated rings. The Morgan fingerprint density at radius 1 is 1.12 bits per heavy atom. The molecule has 32 heavy (non-hydrogen) atoms. The van der Waals surface area contributed by atoms with E-state index < -0.39 is 22.3 Å². The predicted octanol–water partition coefficient (Wildman–Crippen LogP) is 4.38. The van der Waals surface area contributed by atoms with Crippen LogP contribution in [0, 0.1) is 6.92 Å². The number of hydrogen-bond donors (Lipinski definition) is 1. The first-order chi connectivity index (χ1) is 14.9. The minimum Gasteiger partial charge on any atom is -0.406 e. The summed E-state index contributed by atoms with van der Waals surface area (Å²) in [4.78, 5) is 18.8. The summed E-state index contributed by atoms with van der Waals surface area (Å²) in [6.45, 7) is 1.93. The van der Waals surface area contributed by atoms with Crippen molar-refractivity contribution in [3.05, 3.63) is 70.7 Å². The van der Waals surface area contributed by atoms with Gasteiger partial charge in [-0.05, 0) is 36.8 Å². The molecule has 0 unspecified atom stereocenters. The Labute approximate surface area is 186 Å². The summed E-state index contributed by atoms with van der Waals surface area (Å²) in [6, 6.07) is 14.5. The molecule has 1 aromatic heterocycles. The van der Waals surface area contributed by atoms with Crippen LogP contribution in [0.25, 0.3) is 0 Å². The number of anilines is 2. The average molecular weight is 486 g/mol. The van der Waals surface area contributed by atoms with Crippen LogP contribution in [0.4, 0.5) is 24.0 Å². The van der Waals surface area contributed by atoms with Gasteiger partial charge in [0.15, 0.2) is 5.13 Å². The van der Waals surface area contributed by atoms with Gasteiger partial charge in [0.1, 0.15) is 11.4 Å². The zero-order valence-corrected chi connectivity index (χ0v) is 18.5. The van der Waals surface area contributed by atoms with Crippen LogP contribution in [-0.2, 0) is 16.6 Å². The summed E-state index contributed by atoms with van der Waals surface area (Å²) in [7, 11) is -3.77. The summed E-state index contributed by atoms with van der Waals surface area (Å²) < 4.78 is 66.0. The van der Waals surface area contributed by atoms with Crippen molar-refractivity contribution in [2.24, 2.45) is 0 Å². The number of aromatic nitrogens is 1. The lowest BCUT2D eigenvalue weighted by molar-refractivity contribution is -0.274. The average Bonchev–Trinajstić information content (AvgIpc) is 3.07. The van der Waals surface area contributed by atoms with Gasteiger partial charge < -0.3 is 9.64 Å². The second kappa shape index (κ2) is 9.17. The maximum atomic E-state index is 12.5. The Kier molecular flexibility index (Phi) is 6.74. The zero-order chi connectivity index (χ0) is 23.5. The highest BCUT2D eigenvalue weighted by Crippen LogP contribution is 2.34. The van der Waals surface area contributed by atoms with Gasteiger partial charge >= 0.3 is 6.36 Å². The minimum atomic E-state index is -4.81. The zero-order valence-electron chi connectivity index (χ0n) is 16.9. The van der Waals surface area contributed by atoms with E-state index in [9.17, 15) is 26.4 Å². The van der Waals surface area contributed by atoms with Crippen LogP contribution < -0.4 is 14.4 Å². The number of hydrogen-bond acceptors (Lipinski definition) is 7. The molecule has 0 bridgehead atoms. The molecule has 2 aromatic carbocycles. The number of halogens is 3. The molecular formula is C20H18F3N3O4S2. The van der Waals surface area contributed by atoms with Crippen molar-refractivity contribution < 1.29 is 31.1 Å². The van der Waals surface area contributed by atoms with Gasteiger partial charge in [-0.2, -0.15) is 0 Å². The quantitative estimate of drug-likeness (QED) is 0.535. The number of nitrogens with one attached hydrogen (secondary N) is 1. The third kappa shape index (κ3) is 6.44. The number of ether oxygens (including phenoxy) is 1. The number of rotatable bonds is 7. The molecule has 0 spiro atoms. The third-order valence-corrected chi connectivity index (χ3v) is 5.62. The van der Waals surface area contributed by atoms with E-state index in [0.29, 0.717) is 22.2 Å². The SMILES string of the molecule is Cc1sc(N(Cc2ccccc2)c2ccc(OC(F)(F)F)cc2)nc1C(=O)NS(C)(=O)=O. The Morgan fingerprint density at radius 3 is 2.31 bits per heavy atom. The van der Waals surface area contributed by atoms with Crippen molar-refractivity contribution in [1.29, 1.82) is 0 Å². The summed E-state index contributed by atoms with van der Waals surface area (Å²) in [5.41, 5.74) is 1.34. The summed E-state index contributed by atoms with van der Waals surface area (Å²) >= 11 is 1.15. The normalized spacial score (nSPS) is 11.8. The molecule has 0 saturated carbocycles. The number of amides is 1. The number of carbonyl (C=O) groups excluding carboxylic acids is 1. The van der Waals surface area contributed by atoms with Gasteiger partial charge in [-0.3, -0.25) is 4.79 Å². The first kappa shape index (κ1) is 23.5. The molecule has 0 radical (unpaired) electrons. The lowest BCUT2D eigenvalue weighted by Crippen LogP contribution is -2.30. The van der Waals surface area contributed by atoms with Crippen LogP contribution in [0.5, 0.6) is 5.75 Å². The van der Waals surface area contributed by atoms with E-state index in [0.717, 1.165) is 23.2 Å². The first-order valence-electron chi connectivity index (χ1n) is 9.08. The molecule has 3 rings (SSSR count). The van der Waals surface area contributed by atoms with Crippen LogP contribution in [-0.4, -0.2) is 31.9 Å². The van der Waals surface area contributed by atoms with Crippen LogP contribution in [0.3, 0.4) is 0 Å². The van der Waals surface area contributed by atoms with Crippen molar-refractivity contribution in [3.63, 3.8) is 0 Å². The molecular weight excluding hydrogens is 467 g/mol. The van der Waals surface area contributed by atoms with E-state index in [1.165, 1.54) is 24.3 Å². The second-order valence-electron chi connectivity index (χ2n) is 6.72. The number of carbonyl (C=O) groups is 1. The van der Waals surface area contributed by atoms with E-state index in [1.54, 1.807) is 11.8 Å². The largest absolute Gasteiger partial charge is 0.573 e. The van der Waals surface area contributed by atoms with Crippen LogP contribution >= 0.6 is 11.3 Å². The molecule has 7 nitrogen and oxygen atoms in total. The number of thiazole rings is 1. The lowest BCUT2D eigenvalue weighted by atomic mass is 10.2. The van der Waals surface area contributed by atoms with E-state index in [2.05, 4.69) is 9.72 Å². The van der Waals surface area contributed by atoms with Crippen molar-refractivity contribution in [1.82, 2.24) is 9.71 Å². The third-order valence-electron chi connectivity index (χ3n) is 4.07. The highest BCUT2D eigenvalue weighted by molar-refractivity contribution is 7.89. The molecule has 1 heterocycles. The van der Waals surface area contributed by atoms with Gasteiger partial charge in [0.2, 0.25) is 10.0 Å². The first-order valence-corrected chi connectivity index (χ1v) is 11.8. The van der Waals surface area contributed by atoms with Gasteiger partial charge in [-0.15, -0.1) is 24.5 Å². The van der Waals surface area contributed by atoms with E-state index in [4.69, 9.17) is 0 Å². The molecule has 0 aliphatic carbocycles. The highest BCUT2D eigenvalue weighted by atomic mass is 32.2. The van der Waals surface area contributed by atoms with E-state index >= 15 is 0 Å². The molecule has 3 aromatic rings. The van der Waals surface area contributed by atoms with Crippen LogP contribution in [0.2, 0.25) is 0 Å². The predicted molar refractivity (Wildman–Crippen MR) is 115 cm³/mol. The van der Waals surface area contributed by atoms with Gasteiger partial charge in [0, 0.05) is 10.6 Å². The highest BCUT2D eigenvalue weighted by Gasteiger charge is 2.31. The van der Waals surface area contributed by atoms with Gasteiger partial charge in [0.25, 0.3) is 5.91 Å². The molecule has 0 atom stereocenters. The molecule has 12 heteroatoms. The monoisotopic (exact) mass is 485 g/mol. The van der Waals surface area contributed by atoms with Crippen LogP contribution in [0.15, 0.2) is 54.6 Å². The molecule has 170 valence electrons. The van der Waals surface area contributed by atoms with Crippen molar-refractivity contribution >= 4 is 38.1 Å². The number of benzene rings is 2. The Bertz CT molecular complexity index is 1200. The van der Waals surface area contributed by atoms with Crippen molar-refractivity contribution in [2.45, 2.75) is 19.8 Å². The fourth-order valence-corrected chi connectivity index (χ4v) is 4.15. The molecule has 0 aliphatic rings. The lowest BCUT2D eigenvalue weighted by Gasteiger charge is -2.22. The maximum absolute atomic E-state index is 12.5. The van der Waals surface area contributed by atoms with Gasteiger partial charge in [-0.1, -0.05) is 30.3 Å². The van der Waals surface area contributed by atoms with Crippen LogP contribution in [0.1, 0.15) is 20.9 Å². The number of sulfonamides is 1. The minimum absolute atomic E-state index is 0.0505. The van der Waals surface area contributed by atoms with E-state index in [-0.39, 0.29) is 11.4 Å². The summed E-state index contributed by atoms with van der Waals surface area (Å²) in [5, 5.41) is 0.370. The molecule has 1 amide bonds. The number of alkyl halides is 3. The van der Waals surface area contributed by atoms with Gasteiger partial charge in [0.05, 0.1) is 12.8 Å². The smallest absolute Gasteiger partial charge is 0.406 e. The molecule has 0 saturated heterocycles. The fraction of sp³-hybridized carbons (Fsp3) is 0.200. The maximum Gasteiger partial charge on any atom is 0.573 e.